The number of hydrogen-bond donors (Lipinski definition) is 0. The number of carbonyl (C=O) groups is 1. The van der Waals surface area contributed by atoms with E-state index in [2.05, 4.69) is 35.9 Å². The maximum absolute atomic E-state index is 13.6. The number of hydrogen-bond acceptors (Lipinski definition) is 5. The Hall–Kier alpha value is -2.92. The van der Waals surface area contributed by atoms with Gasteiger partial charge in [-0.25, -0.2) is 4.39 Å². The lowest BCUT2D eigenvalue weighted by Crippen LogP contribution is -2.22. The molecule has 0 aromatic heterocycles. The molecule has 6 heteroatoms. The summed E-state index contributed by atoms with van der Waals surface area (Å²) in [5.74, 6) is -0.263. The molecule has 2 aromatic carbocycles. The number of ketones is 1. The summed E-state index contributed by atoms with van der Waals surface area (Å²) in [6.45, 7) is 0. The zero-order valence-corrected chi connectivity index (χ0v) is 19.3. The highest BCUT2D eigenvalue weighted by Crippen LogP contribution is 2.45. The molecule has 3 aliphatic rings. The average molecular weight is 461 g/mol. The van der Waals surface area contributed by atoms with Crippen molar-refractivity contribution in [3.63, 3.8) is 0 Å². The van der Waals surface area contributed by atoms with Crippen LogP contribution in [0.25, 0.3) is 0 Å². The molecule has 2 atom stereocenters. The number of carbonyl (C=O) groups excluding carboxylic acids is 1. The summed E-state index contributed by atoms with van der Waals surface area (Å²) in [6, 6.07) is 13.1. The van der Waals surface area contributed by atoms with E-state index in [1.54, 1.807) is 35.7 Å². The Balaban J connectivity index is 1.33. The molecule has 5 rings (SSSR count). The number of rotatable bonds is 3. The van der Waals surface area contributed by atoms with Crippen molar-refractivity contribution in [1.82, 2.24) is 0 Å². The molecule has 0 spiro atoms. The fourth-order valence-electron chi connectivity index (χ4n) is 3.84. The number of likely N-dealkylation sites (N-methyl/N-ethyl adjacent to an activating group) is 1. The fraction of sp³-hybridized carbons (Fsp3) is 0.154. The van der Waals surface area contributed by atoms with Gasteiger partial charge in [-0.15, -0.1) is 0 Å². The number of fused-ring (bicyclic) bond motifs is 2. The summed E-state index contributed by atoms with van der Waals surface area (Å²) in [5.41, 5.74) is 6.07. The molecular weight excluding hydrogens is 439 g/mol. The van der Waals surface area contributed by atoms with E-state index >= 15 is 0 Å². The van der Waals surface area contributed by atoms with Gasteiger partial charge in [-0.3, -0.25) is 4.79 Å². The number of allylic oxidation sites excluding steroid dienone is 6. The Bertz CT molecular complexity index is 1260. The number of nitrogens with zero attached hydrogens (tertiary/aromatic N) is 2. The largest absolute Gasteiger partial charge is 0.358 e. The van der Waals surface area contributed by atoms with Crippen molar-refractivity contribution in [2.45, 2.75) is 15.2 Å². The molecule has 160 valence electrons. The normalized spacial score (nSPS) is 21.7. The van der Waals surface area contributed by atoms with Crippen LogP contribution >= 0.6 is 23.5 Å². The molecule has 0 N–H and O–H groups in total. The van der Waals surface area contributed by atoms with E-state index in [1.807, 2.05) is 48.4 Å². The Morgan fingerprint density at radius 2 is 1.94 bits per heavy atom. The maximum atomic E-state index is 13.6. The van der Waals surface area contributed by atoms with Crippen LogP contribution in [0, 0.1) is 11.7 Å². The molecule has 2 heterocycles. The van der Waals surface area contributed by atoms with E-state index in [0.29, 0.717) is 5.57 Å². The van der Waals surface area contributed by atoms with E-state index in [9.17, 15) is 9.18 Å². The van der Waals surface area contributed by atoms with E-state index in [1.165, 1.54) is 22.7 Å². The first-order chi connectivity index (χ1) is 15.5. The van der Waals surface area contributed by atoms with Gasteiger partial charge in [0.25, 0.3) is 0 Å². The number of anilines is 2. The standard InChI is InChI=1S/C26H21FN2OS2/c1-28-20-5-3-4-6-23(20)31-26(28)14-9-18-15-17(7-11-22(18)30)8-13-25-29(2)21-16-19(27)10-12-24(21)32-25/h3-12,14-17,26H,1-2H3/b14-9+. The van der Waals surface area contributed by atoms with Crippen molar-refractivity contribution in [3.8, 4) is 0 Å². The highest BCUT2D eigenvalue weighted by Gasteiger charge is 2.25. The zero-order valence-electron chi connectivity index (χ0n) is 17.7. The second-order valence-electron chi connectivity index (χ2n) is 7.76. The van der Waals surface area contributed by atoms with Gasteiger partial charge in [-0.05, 0) is 42.5 Å². The highest BCUT2D eigenvalue weighted by molar-refractivity contribution is 8.03. The number of halogens is 1. The third kappa shape index (κ3) is 3.97. The third-order valence-corrected chi connectivity index (χ3v) is 8.10. The van der Waals surface area contributed by atoms with Crippen LogP contribution in [0.1, 0.15) is 0 Å². The van der Waals surface area contributed by atoms with Crippen molar-refractivity contribution in [2.75, 3.05) is 23.9 Å². The predicted octanol–water partition coefficient (Wildman–Crippen LogP) is 6.17. The molecule has 1 aliphatic carbocycles. The molecule has 0 radical (unpaired) electrons. The van der Waals surface area contributed by atoms with Crippen molar-refractivity contribution in [3.05, 3.63) is 101 Å². The molecule has 0 saturated carbocycles. The minimum Gasteiger partial charge on any atom is -0.358 e. The summed E-state index contributed by atoms with van der Waals surface area (Å²) < 4.78 is 13.6. The van der Waals surface area contributed by atoms with Gasteiger partial charge in [-0.2, -0.15) is 0 Å². The smallest absolute Gasteiger partial charge is 0.185 e. The molecule has 2 aromatic rings. The summed E-state index contributed by atoms with van der Waals surface area (Å²) in [7, 11) is 3.98. The van der Waals surface area contributed by atoms with Gasteiger partial charge in [0.05, 0.1) is 16.7 Å². The monoisotopic (exact) mass is 460 g/mol. The van der Waals surface area contributed by atoms with Crippen LogP contribution in [0.15, 0.2) is 105 Å². The van der Waals surface area contributed by atoms with Gasteiger partial charge in [-0.1, -0.05) is 65.7 Å². The minimum atomic E-state index is -0.247. The van der Waals surface area contributed by atoms with E-state index in [0.717, 1.165) is 15.6 Å². The van der Waals surface area contributed by atoms with Crippen LogP contribution in [0.3, 0.4) is 0 Å². The summed E-state index contributed by atoms with van der Waals surface area (Å²) in [5, 5.41) is 1.06. The average Bonchev–Trinajstić information content (AvgIpc) is 3.29. The maximum Gasteiger partial charge on any atom is 0.185 e. The van der Waals surface area contributed by atoms with Gasteiger partial charge in [0, 0.05) is 35.4 Å². The van der Waals surface area contributed by atoms with Gasteiger partial charge in [0.1, 0.15) is 10.8 Å². The second kappa shape index (κ2) is 8.55. The van der Waals surface area contributed by atoms with Crippen molar-refractivity contribution >= 4 is 40.7 Å². The molecule has 2 unspecified atom stereocenters. The molecule has 3 nitrogen and oxygen atoms in total. The minimum absolute atomic E-state index is 0.0111. The number of para-hydroxylation sites is 1. The second-order valence-corrected chi connectivity index (χ2v) is 9.95. The SMILES string of the molecule is CN1C(=C=CC2C=CC(=O)C(/C=C/C3Sc4ccccc4N3C)=C2)Sc2ccc(F)cc21. The van der Waals surface area contributed by atoms with Crippen LogP contribution in [0.5, 0.6) is 0 Å². The highest BCUT2D eigenvalue weighted by atomic mass is 32.2. The van der Waals surface area contributed by atoms with Crippen LogP contribution in [-0.4, -0.2) is 25.3 Å². The first-order valence-corrected chi connectivity index (χ1v) is 12.0. The number of thioether (sulfide) groups is 2. The summed E-state index contributed by atoms with van der Waals surface area (Å²) >= 11 is 3.35. The lowest BCUT2D eigenvalue weighted by Gasteiger charge is -2.18. The third-order valence-electron chi connectivity index (χ3n) is 5.63. The predicted molar refractivity (Wildman–Crippen MR) is 132 cm³/mol. The molecule has 32 heavy (non-hydrogen) atoms. The van der Waals surface area contributed by atoms with Crippen molar-refractivity contribution < 1.29 is 9.18 Å². The van der Waals surface area contributed by atoms with Gasteiger partial charge in [0.2, 0.25) is 0 Å². The molecule has 0 saturated heterocycles. The van der Waals surface area contributed by atoms with Gasteiger partial charge < -0.3 is 9.80 Å². The van der Waals surface area contributed by atoms with Gasteiger partial charge >= 0.3 is 0 Å². The van der Waals surface area contributed by atoms with E-state index in [4.69, 9.17) is 0 Å². The summed E-state index contributed by atoms with van der Waals surface area (Å²) in [4.78, 5) is 18.8. The molecule has 0 bridgehead atoms. The van der Waals surface area contributed by atoms with Crippen LogP contribution in [0.2, 0.25) is 0 Å². The molecule has 0 amide bonds. The van der Waals surface area contributed by atoms with Crippen LogP contribution in [0.4, 0.5) is 15.8 Å². The summed E-state index contributed by atoms with van der Waals surface area (Å²) in [6.07, 6.45) is 11.4. The first kappa shape index (κ1) is 21.0. The molecule has 0 fully saturated rings. The zero-order chi connectivity index (χ0) is 22.2. The number of benzene rings is 2. The Morgan fingerprint density at radius 1 is 1.09 bits per heavy atom. The Morgan fingerprint density at radius 3 is 2.78 bits per heavy atom. The fourth-order valence-corrected chi connectivity index (χ4v) is 6.03. The molecule has 2 aliphatic heterocycles. The van der Waals surface area contributed by atoms with Crippen molar-refractivity contribution in [1.29, 1.82) is 0 Å². The van der Waals surface area contributed by atoms with Crippen LogP contribution < -0.4 is 9.80 Å². The quantitative estimate of drug-likeness (QED) is 0.510. The molecular formula is C26H21FN2OS2. The Kier molecular flexibility index (Phi) is 5.60. The van der Waals surface area contributed by atoms with Crippen molar-refractivity contribution in [2.24, 2.45) is 5.92 Å². The topological polar surface area (TPSA) is 23.6 Å². The van der Waals surface area contributed by atoms with Gasteiger partial charge in [0.15, 0.2) is 5.78 Å². The Labute approximate surface area is 195 Å². The lowest BCUT2D eigenvalue weighted by atomic mass is 9.96. The van der Waals surface area contributed by atoms with Crippen LogP contribution in [-0.2, 0) is 4.79 Å². The first-order valence-electron chi connectivity index (χ1n) is 10.3. The van der Waals surface area contributed by atoms with E-state index in [-0.39, 0.29) is 22.9 Å². The van der Waals surface area contributed by atoms with E-state index < -0.39 is 0 Å². The lowest BCUT2D eigenvalue weighted by molar-refractivity contribution is -0.111.